The van der Waals surface area contributed by atoms with Gasteiger partial charge in [0.2, 0.25) is 5.91 Å². The molecule has 0 aromatic heterocycles. The summed E-state index contributed by atoms with van der Waals surface area (Å²) in [5.74, 6) is -0.207. The van der Waals surface area contributed by atoms with Crippen LogP contribution in [0.5, 0.6) is 0 Å². The summed E-state index contributed by atoms with van der Waals surface area (Å²) in [5.41, 5.74) is 2.26. The Morgan fingerprint density at radius 3 is 2.62 bits per heavy atom. The van der Waals surface area contributed by atoms with Gasteiger partial charge in [-0.1, -0.05) is 36.4 Å². The van der Waals surface area contributed by atoms with Gasteiger partial charge in [-0.05, 0) is 86.4 Å². The van der Waals surface area contributed by atoms with Crippen LogP contribution < -0.4 is 0 Å². The molecule has 3 atom stereocenters. The number of hydrogen-bond donors (Lipinski definition) is 0. The largest absolute Gasteiger partial charge is 0.339 e. The van der Waals surface area contributed by atoms with Crippen molar-refractivity contribution in [3.8, 4) is 6.07 Å². The Morgan fingerprint density at radius 1 is 1.24 bits per heavy atom. The van der Waals surface area contributed by atoms with Crippen molar-refractivity contribution in [3.63, 3.8) is 0 Å². The van der Waals surface area contributed by atoms with Gasteiger partial charge in [0.15, 0.2) is 0 Å². The lowest BCUT2D eigenvalue weighted by Gasteiger charge is -2.45. The zero-order valence-corrected chi connectivity index (χ0v) is 20.4. The van der Waals surface area contributed by atoms with Crippen LogP contribution in [0, 0.1) is 17.1 Å². The molecule has 1 saturated heterocycles. The van der Waals surface area contributed by atoms with Gasteiger partial charge in [0.1, 0.15) is 5.82 Å². The second-order valence-electron chi connectivity index (χ2n) is 9.83. The van der Waals surface area contributed by atoms with Crippen molar-refractivity contribution in [3.05, 3.63) is 83.2 Å². The van der Waals surface area contributed by atoms with Gasteiger partial charge in [0.05, 0.1) is 17.7 Å². The van der Waals surface area contributed by atoms with Gasteiger partial charge in [-0.3, -0.25) is 4.79 Å². The van der Waals surface area contributed by atoms with E-state index in [1.807, 2.05) is 62.5 Å². The molecule has 0 spiro atoms. The van der Waals surface area contributed by atoms with E-state index in [1.54, 1.807) is 4.90 Å². The first kappa shape index (κ1) is 23.9. The molecule has 3 unspecified atom stereocenters. The number of benzene rings is 3. The van der Waals surface area contributed by atoms with Crippen LogP contribution in [0.2, 0.25) is 0 Å². The summed E-state index contributed by atoms with van der Waals surface area (Å²) in [6.45, 7) is 5.09. The first-order valence-electron chi connectivity index (χ1n) is 11.9. The number of nitriles is 1. The van der Waals surface area contributed by atoms with Crippen LogP contribution >= 0.6 is 0 Å². The maximum absolute atomic E-state index is 13.7. The first-order valence-corrected chi connectivity index (χ1v) is 11.9. The monoisotopic (exact) mass is 457 g/mol. The molecule has 0 radical (unpaired) electrons. The van der Waals surface area contributed by atoms with Gasteiger partial charge in [-0.25, -0.2) is 4.39 Å². The third kappa shape index (κ3) is 4.56. The number of likely N-dealkylation sites (tertiary alicyclic amines) is 1. The van der Waals surface area contributed by atoms with E-state index >= 15 is 0 Å². The van der Waals surface area contributed by atoms with Crippen molar-refractivity contribution in [1.82, 2.24) is 9.80 Å². The highest BCUT2D eigenvalue weighted by Crippen LogP contribution is 2.42. The van der Waals surface area contributed by atoms with Crippen molar-refractivity contribution < 1.29 is 9.18 Å². The molecule has 1 fully saturated rings. The molecule has 4 nitrogen and oxygen atoms in total. The number of rotatable bonds is 5. The quantitative estimate of drug-likeness (QED) is 0.486. The lowest BCUT2D eigenvalue weighted by Crippen LogP contribution is -2.48. The van der Waals surface area contributed by atoms with E-state index < -0.39 is 0 Å². The van der Waals surface area contributed by atoms with Gasteiger partial charge >= 0.3 is 0 Å². The summed E-state index contributed by atoms with van der Waals surface area (Å²) < 4.78 is 13.7. The molecule has 1 amide bonds. The lowest BCUT2D eigenvalue weighted by molar-refractivity contribution is -0.133. The molecule has 0 bridgehead atoms. The highest BCUT2D eigenvalue weighted by molar-refractivity contribution is 5.88. The Hall–Kier alpha value is -3.23. The van der Waals surface area contributed by atoms with Gasteiger partial charge in [-0.15, -0.1) is 0 Å². The Balaban J connectivity index is 1.66. The Morgan fingerprint density at radius 2 is 1.94 bits per heavy atom. The van der Waals surface area contributed by atoms with E-state index in [9.17, 15) is 14.4 Å². The molecule has 4 rings (SSSR count). The highest BCUT2D eigenvalue weighted by Gasteiger charge is 2.41. The number of piperidine rings is 1. The minimum absolute atomic E-state index is 0.0556. The van der Waals surface area contributed by atoms with Crippen LogP contribution in [0.1, 0.15) is 55.8 Å². The standard InChI is InChI=1S/C29H32FN3O/c1-20-17-29(13-14-32(20)3,24-9-11-25(30)12-10-24)18-28(34)33(4)21(2)27-16-22(19-31)15-23-7-5-6-8-26(23)27/h5-12,15-16,20-21H,13-14,17-18H2,1-4H3. The van der Waals surface area contributed by atoms with E-state index in [0.29, 0.717) is 18.0 Å². The Kier molecular flexibility index (Phi) is 6.72. The zero-order chi connectivity index (χ0) is 24.5. The molecule has 1 heterocycles. The zero-order valence-electron chi connectivity index (χ0n) is 20.4. The van der Waals surface area contributed by atoms with E-state index in [2.05, 4.69) is 24.9 Å². The van der Waals surface area contributed by atoms with Crippen molar-refractivity contribution in [1.29, 1.82) is 5.26 Å². The van der Waals surface area contributed by atoms with Gasteiger partial charge < -0.3 is 9.80 Å². The number of nitrogens with zero attached hydrogens (tertiary/aromatic N) is 3. The van der Waals surface area contributed by atoms with Gasteiger partial charge in [0, 0.05) is 24.9 Å². The average molecular weight is 458 g/mol. The van der Waals surface area contributed by atoms with Gasteiger partial charge in [0.25, 0.3) is 0 Å². The molecule has 3 aromatic rings. The number of fused-ring (bicyclic) bond motifs is 1. The Labute approximate surface area is 201 Å². The topological polar surface area (TPSA) is 47.3 Å². The SMILES string of the molecule is CC1CC(CC(=O)N(C)C(C)c2cc(C#N)cc3ccccc23)(c2ccc(F)cc2)CCN1C. The average Bonchev–Trinajstić information content (AvgIpc) is 2.85. The van der Waals surface area contributed by atoms with Gasteiger partial charge in [-0.2, -0.15) is 5.26 Å². The summed E-state index contributed by atoms with van der Waals surface area (Å²) in [6, 6.07) is 20.8. The van der Waals surface area contributed by atoms with E-state index in [0.717, 1.165) is 41.3 Å². The molecule has 34 heavy (non-hydrogen) atoms. The predicted octanol–water partition coefficient (Wildman–Crippen LogP) is 5.81. The molecular formula is C29H32FN3O. The van der Waals surface area contributed by atoms with Crippen molar-refractivity contribution in [2.24, 2.45) is 0 Å². The summed E-state index contributed by atoms with van der Waals surface area (Å²) >= 11 is 0. The normalized spacial score (nSPS) is 21.7. The molecule has 0 N–H and O–H groups in total. The second kappa shape index (κ2) is 9.56. The number of halogens is 1. The molecule has 3 aromatic carbocycles. The maximum Gasteiger partial charge on any atom is 0.223 e. The summed E-state index contributed by atoms with van der Waals surface area (Å²) in [7, 11) is 3.96. The summed E-state index contributed by atoms with van der Waals surface area (Å²) in [6.07, 6.45) is 2.06. The third-order valence-electron chi connectivity index (χ3n) is 7.78. The Bertz CT molecular complexity index is 1230. The van der Waals surface area contributed by atoms with Crippen LogP contribution in [-0.4, -0.2) is 42.4 Å². The van der Waals surface area contributed by atoms with Crippen molar-refractivity contribution >= 4 is 16.7 Å². The summed E-state index contributed by atoms with van der Waals surface area (Å²) in [4.78, 5) is 17.8. The molecule has 0 saturated carbocycles. The number of carbonyl (C=O) groups excluding carboxylic acids is 1. The fourth-order valence-electron chi connectivity index (χ4n) is 5.35. The molecule has 176 valence electrons. The molecule has 1 aliphatic heterocycles. The van der Waals surface area contributed by atoms with Crippen LogP contribution in [0.4, 0.5) is 4.39 Å². The van der Waals surface area contributed by atoms with Crippen LogP contribution in [-0.2, 0) is 10.2 Å². The van der Waals surface area contributed by atoms with Crippen molar-refractivity contribution in [2.45, 2.75) is 50.6 Å². The molecular weight excluding hydrogens is 425 g/mol. The first-order chi connectivity index (χ1) is 16.2. The third-order valence-corrected chi connectivity index (χ3v) is 7.78. The van der Waals surface area contributed by atoms with E-state index in [1.165, 1.54) is 12.1 Å². The lowest BCUT2D eigenvalue weighted by atomic mass is 9.68. The minimum Gasteiger partial charge on any atom is -0.339 e. The highest BCUT2D eigenvalue weighted by atomic mass is 19.1. The fraction of sp³-hybridized carbons (Fsp3) is 0.379. The maximum atomic E-state index is 13.7. The number of amides is 1. The molecule has 1 aliphatic rings. The summed E-state index contributed by atoms with van der Waals surface area (Å²) in [5, 5.41) is 11.6. The van der Waals surface area contributed by atoms with Crippen LogP contribution in [0.15, 0.2) is 60.7 Å². The smallest absolute Gasteiger partial charge is 0.223 e. The minimum atomic E-state index is -0.332. The van der Waals surface area contributed by atoms with E-state index in [-0.39, 0.29) is 23.2 Å². The predicted molar refractivity (Wildman–Crippen MR) is 134 cm³/mol. The van der Waals surface area contributed by atoms with Crippen LogP contribution in [0.25, 0.3) is 10.8 Å². The number of hydrogen-bond acceptors (Lipinski definition) is 3. The van der Waals surface area contributed by atoms with Crippen LogP contribution in [0.3, 0.4) is 0 Å². The second-order valence-corrected chi connectivity index (χ2v) is 9.83. The molecule has 0 aliphatic carbocycles. The molecule has 5 heteroatoms. The number of carbonyl (C=O) groups is 1. The van der Waals surface area contributed by atoms with Crippen molar-refractivity contribution in [2.75, 3.05) is 20.6 Å². The van der Waals surface area contributed by atoms with E-state index in [4.69, 9.17) is 0 Å². The fourth-order valence-corrected chi connectivity index (χ4v) is 5.35.